The molecule has 2 aliphatic rings. The van der Waals surface area contributed by atoms with Crippen LogP contribution >= 0.6 is 11.3 Å². The Morgan fingerprint density at radius 3 is 2.72 bits per heavy atom. The van der Waals surface area contributed by atoms with Crippen LogP contribution in [-0.2, 0) is 4.74 Å². The molecular weight excluding hydrogens is 418 g/mol. The molecule has 4 rings (SSSR count). The van der Waals surface area contributed by atoms with Gasteiger partial charge in [0.2, 0.25) is 0 Å². The van der Waals surface area contributed by atoms with E-state index in [2.05, 4.69) is 57.0 Å². The SMILES string of the molecule is C[C@H]1CC=C(c2ccc3sc([C@H]4CCN(C)CC4(C)C)nc3c2)N(C(=O)OC(C)(C)C)C1. The average Bonchev–Trinajstić information content (AvgIpc) is 3.08. The predicted octanol–water partition coefficient (Wildman–Crippen LogP) is 6.36. The topological polar surface area (TPSA) is 45.7 Å². The molecule has 174 valence electrons. The summed E-state index contributed by atoms with van der Waals surface area (Å²) < 4.78 is 6.92. The van der Waals surface area contributed by atoms with Crippen LogP contribution in [0.5, 0.6) is 0 Å². The number of rotatable bonds is 2. The number of likely N-dealkylation sites (tertiary alicyclic amines) is 1. The van der Waals surface area contributed by atoms with Crippen LogP contribution in [0.3, 0.4) is 0 Å². The highest BCUT2D eigenvalue weighted by molar-refractivity contribution is 7.18. The van der Waals surface area contributed by atoms with Crippen LogP contribution in [-0.4, -0.2) is 53.2 Å². The summed E-state index contributed by atoms with van der Waals surface area (Å²) in [5.74, 6) is 0.889. The van der Waals surface area contributed by atoms with Crippen LogP contribution in [0.15, 0.2) is 24.3 Å². The van der Waals surface area contributed by atoms with Gasteiger partial charge in [-0.1, -0.05) is 32.9 Å². The van der Waals surface area contributed by atoms with E-state index in [1.54, 1.807) is 4.90 Å². The zero-order valence-electron chi connectivity index (χ0n) is 20.6. The van der Waals surface area contributed by atoms with Crippen LogP contribution in [0.25, 0.3) is 15.9 Å². The first-order valence-electron chi connectivity index (χ1n) is 11.7. The Kier molecular flexibility index (Phi) is 6.14. The molecule has 2 aromatic rings. The fourth-order valence-corrected chi connectivity index (χ4v) is 6.30. The number of hydrogen-bond acceptors (Lipinski definition) is 5. The number of carbonyl (C=O) groups is 1. The number of nitrogens with zero attached hydrogens (tertiary/aromatic N) is 3. The lowest BCUT2D eigenvalue weighted by Crippen LogP contribution is -2.42. The summed E-state index contributed by atoms with van der Waals surface area (Å²) >= 11 is 1.82. The maximum Gasteiger partial charge on any atom is 0.414 e. The number of fused-ring (bicyclic) bond motifs is 1. The van der Waals surface area contributed by atoms with Crippen molar-refractivity contribution in [1.29, 1.82) is 0 Å². The Hall–Kier alpha value is -1.92. The molecule has 0 unspecified atom stereocenters. The molecule has 2 aliphatic heterocycles. The van der Waals surface area contributed by atoms with E-state index >= 15 is 0 Å². The third kappa shape index (κ3) is 4.86. The summed E-state index contributed by atoms with van der Waals surface area (Å²) in [5.41, 5.74) is 2.69. The number of carbonyl (C=O) groups excluding carboxylic acids is 1. The highest BCUT2D eigenvalue weighted by Gasteiger charge is 2.37. The molecule has 1 amide bonds. The second-order valence-corrected chi connectivity index (χ2v) is 12.4. The fraction of sp³-hybridized carbons (Fsp3) is 0.615. The maximum atomic E-state index is 13.0. The number of hydrogen-bond donors (Lipinski definition) is 0. The molecule has 32 heavy (non-hydrogen) atoms. The summed E-state index contributed by atoms with van der Waals surface area (Å²) in [6, 6.07) is 6.44. The minimum Gasteiger partial charge on any atom is -0.443 e. The van der Waals surface area contributed by atoms with E-state index in [9.17, 15) is 4.79 Å². The summed E-state index contributed by atoms with van der Waals surface area (Å²) in [5, 5.41) is 1.24. The van der Waals surface area contributed by atoms with E-state index in [0.717, 1.165) is 42.7 Å². The normalized spacial score (nSPS) is 24.5. The van der Waals surface area contributed by atoms with Crippen LogP contribution in [0.2, 0.25) is 0 Å². The lowest BCUT2D eigenvalue weighted by Gasteiger charge is -2.42. The Labute approximate surface area is 196 Å². The molecule has 3 heterocycles. The minimum absolute atomic E-state index is 0.208. The quantitative estimate of drug-likeness (QED) is 0.529. The Balaban J connectivity index is 1.65. The molecule has 6 heteroatoms. The number of piperidine rings is 1. The third-order valence-electron chi connectivity index (χ3n) is 6.53. The number of ether oxygens (including phenoxy) is 1. The molecule has 0 N–H and O–H groups in total. The molecule has 1 aromatic heterocycles. The van der Waals surface area contributed by atoms with Gasteiger partial charge in [-0.05, 0) is 70.7 Å². The molecule has 1 saturated heterocycles. The zero-order valence-corrected chi connectivity index (χ0v) is 21.4. The van der Waals surface area contributed by atoms with Gasteiger partial charge in [0, 0.05) is 24.6 Å². The van der Waals surface area contributed by atoms with Gasteiger partial charge in [-0.3, -0.25) is 4.90 Å². The van der Waals surface area contributed by atoms with Crippen molar-refractivity contribution in [2.24, 2.45) is 11.3 Å². The van der Waals surface area contributed by atoms with E-state index < -0.39 is 5.60 Å². The first-order valence-corrected chi connectivity index (χ1v) is 12.5. The van der Waals surface area contributed by atoms with Gasteiger partial charge in [0.1, 0.15) is 5.60 Å². The molecule has 1 fully saturated rings. The first-order chi connectivity index (χ1) is 14.9. The lowest BCUT2D eigenvalue weighted by molar-refractivity contribution is 0.0327. The van der Waals surface area contributed by atoms with Gasteiger partial charge in [-0.25, -0.2) is 9.78 Å². The first kappa shape index (κ1) is 23.2. The Morgan fingerprint density at radius 1 is 1.28 bits per heavy atom. The maximum absolute atomic E-state index is 13.0. The molecular formula is C26H37N3O2S. The monoisotopic (exact) mass is 455 g/mol. The Bertz CT molecular complexity index is 1030. The number of aromatic nitrogens is 1. The van der Waals surface area contributed by atoms with Gasteiger partial charge < -0.3 is 9.64 Å². The summed E-state index contributed by atoms with van der Waals surface area (Å²) in [6.07, 6.45) is 4.00. The van der Waals surface area contributed by atoms with E-state index in [1.165, 1.54) is 9.71 Å². The second kappa shape index (κ2) is 8.45. The van der Waals surface area contributed by atoms with Gasteiger partial charge in [0.05, 0.1) is 20.9 Å². The van der Waals surface area contributed by atoms with Crippen molar-refractivity contribution in [2.75, 3.05) is 26.7 Å². The number of allylic oxidation sites excluding steroid dienone is 1. The van der Waals surface area contributed by atoms with Gasteiger partial charge in [0.25, 0.3) is 0 Å². The molecule has 0 radical (unpaired) electrons. The molecule has 5 nitrogen and oxygen atoms in total. The number of amides is 1. The van der Waals surface area contributed by atoms with Crippen molar-refractivity contribution in [1.82, 2.24) is 14.8 Å². The largest absolute Gasteiger partial charge is 0.443 e. The second-order valence-electron chi connectivity index (χ2n) is 11.3. The van der Waals surface area contributed by atoms with Gasteiger partial charge >= 0.3 is 6.09 Å². The minimum atomic E-state index is -0.516. The lowest BCUT2D eigenvalue weighted by atomic mass is 9.74. The fourth-order valence-electron chi connectivity index (χ4n) is 5.01. The van der Waals surface area contributed by atoms with E-state index in [0.29, 0.717) is 18.4 Å². The van der Waals surface area contributed by atoms with Crippen molar-refractivity contribution in [3.8, 4) is 0 Å². The van der Waals surface area contributed by atoms with Crippen LogP contribution in [0.4, 0.5) is 4.79 Å². The van der Waals surface area contributed by atoms with Crippen LogP contribution in [0.1, 0.15) is 70.9 Å². The predicted molar refractivity (Wildman–Crippen MR) is 133 cm³/mol. The number of thiazole rings is 1. The average molecular weight is 456 g/mol. The van der Waals surface area contributed by atoms with Crippen molar-refractivity contribution in [2.45, 2.75) is 65.9 Å². The molecule has 2 atom stereocenters. The van der Waals surface area contributed by atoms with Crippen molar-refractivity contribution < 1.29 is 9.53 Å². The molecule has 0 bridgehead atoms. The standard InChI is InChI=1S/C26H37N3O2S/c1-17-8-10-21(29(15-17)24(30)31-25(2,3)4)18-9-11-22-20(14-18)27-23(32-22)19-12-13-28(7)16-26(19,5)6/h9-11,14,17,19H,8,12-13,15-16H2,1-7H3/t17-,19+/m0/s1. The van der Waals surface area contributed by atoms with Gasteiger partial charge in [-0.2, -0.15) is 0 Å². The smallest absolute Gasteiger partial charge is 0.414 e. The molecule has 0 saturated carbocycles. The van der Waals surface area contributed by atoms with Crippen LogP contribution in [0, 0.1) is 11.3 Å². The molecule has 0 spiro atoms. The highest BCUT2D eigenvalue weighted by atomic mass is 32.1. The van der Waals surface area contributed by atoms with Crippen molar-refractivity contribution >= 4 is 33.3 Å². The van der Waals surface area contributed by atoms with Crippen molar-refractivity contribution in [3.63, 3.8) is 0 Å². The number of benzene rings is 1. The molecule has 0 aliphatic carbocycles. The summed E-state index contributed by atoms with van der Waals surface area (Å²) in [7, 11) is 2.21. The summed E-state index contributed by atoms with van der Waals surface area (Å²) in [6.45, 7) is 15.5. The Morgan fingerprint density at radius 2 is 2.03 bits per heavy atom. The third-order valence-corrected chi connectivity index (χ3v) is 7.68. The highest BCUT2D eigenvalue weighted by Crippen LogP contribution is 2.44. The molecule has 1 aromatic carbocycles. The van der Waals surface area contributed by atoms with Gasteiger partial charge in [0.15, 0.2) is 0 Å². The van der Waals surface area contributed by atoms with E-state index in [-0.39, 0.29) is 11.5 Å². The zero-order chi connectivity index (χ0) is 23.3. The van der Waals surface area contributed by atoms with Crippen molar-refractivity contribution in [3.05, 3.63) is 34.8 Å². The van der Waals surface area contributed by atoms with E-state index in [4.69, 9.17) is 9.72 Å². The summed E-state index contributed by atoms with van der Waals surface area (Å²) in [4.78, 5) is 22.3. The van der Waals surface area contributed by atoms with E-state index in [1.807, 2.05) is 32.1 Å². The van der Waals surface area contributed by atoms with Crippen LogP contribution < -0.4 is 0 Å². The van der Waals surface area contributed by atoms with Gasteiger partial charge in [-0.15, -0.1) is 11.3 Å².